The minimum absolute atomic E-state index is 0.00980. The van der Waals surface area contributed by atoms with Crippen LogP contribution in [0.1, 0.15) is 26.4 Å². The molecule has 1 amide bonds. The number of carboxylic acids is 1. The maximum Gasteiger partial charge on any atom is 0.337 e. The van der Waals surface area contributed by atoms with Gasteiger partial charge < -0.3 is 10.4 Å². The van der Waals surface area contributed by atoms with E-state index in [4.69, 9.17) is 16.7 Å². The van der Waals surface area contributed by atoms with E-state index in [-0.39, 0.29) is 16.5 Å². The first-order valence-electron chi connectivity index (χ1n) is 5.74. The predicted octanol–water partition coefficient (Wildman–Crippen LogP) is 2.99. The van der Waals surface area contributed by atoms with Crippen molar-refractivity contribution in [3.8, 4) is 0 Å². The van der Waals surface area contributed by atoms with E-state index < -0.39 is 5.97 Å². The largest absolute Gasteiger partial charge is 0.478 e. The quantitative estimate of drug-likeness (QED) is 0.911. The molecule has 0 spiro atoms. The molecule has 0 aliphatic carbocycles. The Morgan fingerprint density at radius 2 is 2.00 bits per heavy atom. The fourth-order valence-corrected chi connectivity index (χ4v) is 1.92. The molecule has 0 fully saturated rings. The molecule has 0 aliphatic heterocycles. The van der Waals surface area contributed by atoms with Crippen molar-refractivity contribution >= 4 is 29.2 Å². The minimum atomic E-state index is -1.11. The molecule has 5 nitrogen and oxygen atoms in total. The molecule has 0 saturated carbocycles. The number of nitrogens with zero attached hydrogens (tertiary/aromatic N) is 1. The van der Waals surface area contributed by atoms with Gasteiger partial charge in [-0.15, -0.1) is 0 Å². The van der Waals surface area contributed by atoms with Gasteiger partial charge in [0.15, 0.2) is 0 Å². The molecule has 0 aliphatic rings. The van der Waals surface area contributed by atoms with Crippen LogP contribution in [0.5, 0.6) is 0 Å². The molecular formula is C14H11ClN2O3. The molecule has 1 aromatic heterocycles. The van der Waals surface area contributed by atoms with Crippen molar-refractivity contribution in [2.45, 2.75) is 6.92 Å². The summed E-state index contributed by atoms with van der Waals surface area (Å²) in [5.74, 6) is -1.42. The number of pyridine rings is 1. The fourth-order valence-electron chi connectivity index (χ4n) is 1.66. The van der Waals surface area contributed by atoms with Crippen LogP contribution in [0.4, 0.5) is 5.69 Å². The van der Waals surface area contributed by atoms with Gasteiger partial charge in [0.05, 0.1) is 10.6 Å². The molecule has 0 saturated heterocycles. The maximum atomic E-state index is 12.0. The van der Waals surface area contributed by atoms with Crippen LogP contribution in [0, 0.1) is 6.92 Å². The van der Waals surface area contributed by atoms with Crippen LogP contribution < -0.4 is 5.32 Å². The highest BCUT2D eigenvalue weighted by molar-refractivity contribution is 6.33. The van der Waals surface area contributed by atoms with E-state index in [9.17, 15) is 9.59 Å². The summed E-state index contributed by atoms with van der Waals surface area (Å²) in [5, 5.41) is 11.6. The molecular weight excluding hydrogens is 280 g/mol. The zero-order chi connectivity index (χ0) is 14.7. The molecule has 1 aromatic carbocycles. The van der Waals surface area contributed by atoms with E-state index in [0.29, 0.717) is 11.3 Å². The number of rotatable bonds is 3. The Bertz CT molecular complexity index is 686. The number of carboxylic acid groups (broad SMARTS) is 1. The third kappa shape index (κ3) is 3.13. The maximum absolute atomic E-state index is 12.0. The molecule has 102 valence electrons. The van der Waals surface area contributed by atoms with Gasteiger partial charge in [-0.05, 0) is 37.3 Å². The summed E-state index contributed by atoms with van der Waals surface area (Å²) in [6, 6.07) is 7.48. The van der Waals surface area contributed by atoms with E-state index in [2.05, 4.69) is 10.3 Å². The summed E-state index contributed by atoms with van der Waals surface area (Å²) in [7, 11) is 0. The lowest BCUT2D eigenvalue weighted by molar-refractivity contribution is 0.0697. The highest BCUT2D eigenvalue weighted by atomic mass is 35.5. The summed E-state index contributed by atoms with van der Waals surface area (Å²) in [6.45, 7) is 1.79. The van der Waals surface area contributed by atoms with E-state index in [1.54, 1.807) is 25.3 Å². The number of benzene rings is 1. The Hall–Kier alpha value is -2.40. The van der Waals surface area contributed by atoms with Gasteiger partial charge in [0.2, 0.25) is 0 Å². The van der Waals surface area contributed by atoms with Crippen LogP contribution in [-0.4, -0.2) is 22.0 Å². The normalized spacial score (nSPS) is 10.1. The van der Waals surface area contributed by atoms with Gasteiger partial charge in [-0.2, -0.15) is 0 Å². The van der Waals surface area contributed by atoms with E-state index in [1.165, 1.54) is 18.2 Å². The number of amides is 1. The molecule has 0 radical (unpaired) electrons. The summed E-state index contributed by atoms with van der Waals surface area (Å²) in [4.78, 5) is 26.8. The number of hydrogen-bond donors (Lipinski definition) is 2. The van der Waals surface area contributed by atoms with Crippen molar-refractivity contribution in [2.24, 2.45) is 0 Å². The zero-order valence-electron chi connectivity index (χ0n) is 10.6. The van der Waals surface area contributed by atoms with Crippen LogP contribution in [-0.2, 0) is 0 Å². The highest BCUT2D eigenvalue weighted by Gasteiger charge is 2.11. The van der Waals surface area contributed by atoms with Crippen molar-refractivity contribution in [2.75, 3.05) is 5.32 Å². The smallest absolute Gasteiger partial charge is 0.337 e. The van der Waals surface area contributed by atoms with Gasteiger partial charge in [0.1, 0.15) is 0 Å². The second-order valence-corrected chi connectivity index (χ2v) is 4.55. The van der Waals surface area contributed by atoms with Gasteiger partial charge in [-0.1, -0.05) is 11.6 Å². The summed E-state index contributed by atoms with van der Waals surface area (Å²) in [6.07, 6.45) is 1.55. The van der Waals surface area contributed by atoms with Crippen LogP contribution in [0.15, 0.2) is 36.5 Å². The number of nitrogens with one attached hydrogen (secondary N) is 1. The number of aromatic nitrogens is 1. The highest BCUT2D eigenvalue weighted by Crippen LogP contribution is 2.21. The van der Waals surface area contributed by atoms with Crippen LogP contribution in [0.25, 0.3) is 0 Å². The van der Waals surface area contributed by atoms with Gasteiger partial charge in [-0.25, -0.2) is 4.79 Å². The van der Waals surface area contributed by atoms with Gasteiger partial charge >= 0.3 is 5.97 Å². The molecule has 20 heavy (non-hydrogen) atoms. The first-order valence-corrected chi connectivity index (χ1v) is 6.12. The second kappa shape index (κ2) is 5.71. The summed E-state index contributed by atoms with van der Waals surface area (Å²) in [5.41, 5.74) is 1.62. The molecule has 2 N–H and O–H groups in total. The number of anilines is 1. The van der Waals surface area contributed by atoms with Crippen molar-refractivity contribution in [3.63, 3.8) is 0 Å². The SMILES string of the molecule is Cc1cc(C(=O)Nc2ccc(C(=O)O)c(Cl)c2)ccn1. The van der Waals surface area contributed by atoms with E-state index >= 15 is 0 Å². The van der Waals surface area contributed by atoms with Crippen LogP contribution >= 0.6 is 11.6 Å². The first-order chi connectivity index (χ1) is 9.47. The predicted molar refractivity (Wildman–Crippen MR) is 75.3 cm³/mol. The number of hydrogen-bond acceptors (Lipinski definition) is 3. The average Bonchev–Trinajstić information content (AvgIpc) is 2.38. The summed E-state index contributed by atoms with van der Waals surface area (Å²) >= 11 is 5.84. The first kappa shape index (κ1) is 14.0. The molecule has 6 heteroatoms. The van der Waals surface area contributed by atoms with Gasteiger partial charge in [-0.3, -0.25) is 9.78 Å². The van der Waals surface area contributed by atoms with Gasteiger partial charge in [0.25, 0.3) is 5.91 Å². The minimum Gasteiger partial charge on any atom is -0.478 e. The topological polar surface area (TPSA) is 79.3 Å². The van der Waals surface area contributed by atoms with Crippen molar-refractivity contribution in [1.82, 2.24) is 4.98 Å². The van der Waals surface area contributed by atoms with Gasteiger partial charge in [0, 0.05) is 23.1 Å². The Balaban J connectivity index is 2.20. The molecule has 2 aromatic rings. The Morgan fingerprint density at radius 1 is 1.25 bits per heavy atom. The molecule has 2 rings (SSSR count). The van der Waals surface area contributed by atoms with Crippen molar-refractivity contribution in [1.29, 1.82) is 0 Å². The molecule has 0 unspecified atom stereocenters. The number of aryl methyl sites for hydroxylation is 1. The van der Waals surface area contributed by atoms with E-state index in [1.807, 2.05) is 0 Å². The third-order valence-electron chi connectivity index (χ3n) is 2.62. The molecule has 1 heterocycles. The Morgan fingerprint density at radius 3 is 2.60 bits per heavy atom. The standard InChI is InChI=1S/C14H11ClN2O3/c1-8-6-9(4-5-16-8)13(18)17-10-2-3-11(14(19)20)12(15)7-10/h2-7H,1H3,(H,17,18)(H,19,20). The number of carbonyl (C=O) groups is 2. The third-order valence-corrected chi connectivity index (χ3v) is 2.93. The Labute approximate surface area is 120 Å². The number of aromatic carboxylic acids is 1. The monoisotopic (exact) mass is 290 g/mol. The average molecular weight is 291 g/mol. The van der Waals surface area contributed by atoms with Crippen LogP contribution in [0.2, 0.25) is 5.02 Å². The fraction of sp³-hybridized carbons (Fsp3) is 0.0714. The van der Waals surface area contributed by atoms with E-state index in [0.717, 1.165) is 5.69 Å². The number of carbonyl (C=O) groups excluding carboxylic acids is 1. The second-order valence-electron chi connectivity index (χ2n) is 4.14. The Kier molecular flexibility index (Phi) is 4.00. The summed E-state index contributed by atoms with van der Waals surface area (Å²) < 4.78 is 0. The molecule has 0 bridgehead atoms. The lowest BCUT2D eigenvalue weighted by atomic mass is 10.2. The zero-order valence-corrected chi connectivity index (χ0v) is 11.3. The molecule has 0 atom stereocenters. The lowest BCUT2D eigenvalue weighted by Crippen LogP contribution is -2.12. The lowest BCUT2D eigenvalue weighted by Gasteiger charge is -2.07. The number of halogens is 1. The van der Waals surface area contributed by atoms with Crippen molar-refractivity contribution < 1.29 is 14.7 Å². The van der Waals surface area contributed by atoms with Crippen LogP contribution in [0.3, 0.4) is 0 Å². The van der Waals surface area contributed by atoms with Crippen molar-refractivity contribution in [3.05, 3.63) is 58.4 Å².